The third kappa shape index (κ3) is 5.20. The van der Waals surface area contributed by atoms with Gasteiger partial charge in [0.2, 0.25) is 0 Å². The van der Waals surface area contributed by atoms with Crippen LogP contribution < -0.4 is 4.90 Å². The first kappa shape index (κ1) is 21.4. The lowest BCUT2D eigenvalue weighted by molar-refractivity contribution is 0.0724. The Labute approximate surface area is 178 Å². The number of amides is 1. The molecule has 3 rings (SSSR count). The van der Waals surface area contributed by atoms with E-state index in [4.69, 9.17) is 11.6 Å². The van der Waals surface area contributed by atoms with Crippen molar-refractivity contribution in [2.75, 3.05) is 24.5 Å². The van der Waals surface area contributed by atoms with E-state index in [0.29, 0.717) is 22.3 Å². The van der Waals surface area contributed by atoms with E-state index in [-0.39, 0.29) is 10.7 Å². The second-order valence-corrected chi connectivity index (χ2v) is 10.7. The number of carbonyl (C=O) groups excluding carboxylic acids is 1. The van der Waals surface area contributed by atoms with Gasteiger partial charge in [0.1, 0.15) is 11.0 Å². The summed E-state index contributed by atoms with van der Waals surface area (Å²) in [7, 11) is 0. The van der Waals surface area contributed by atoms with Crippen LogP contribution in [0.5, 0.6) is 0 Å². The summed E-state index contributed by atoms with van der Waals surface area (Å²) in [5.74, 6) is 0.843. The van der Waals surface area contributed by atoms with Crippen molar-refractivity contribution in [1.82, 2.24) is 9.88 Å². The van der Waals surface area contributed by atoms with Crippen molar-refractivity contribution in [3.8, 4) is 0 Å². The minimum atomic E-state index is -0.00162. The van der Waals surface area contributed by atoms with E-state index < -0.39 is 0 Å². The molecule has 1 unspecified atom stereocenters. The molecule has 2 fully saturated rings. The molecule has 154 valence electrons. The van der Waals surface area contributed by atoms with Gasteiger partial charge in [0, 0.05) is 42.2 Å². The highest BCUT2D eigenvalue weighted by Gasteiger charge is 2.27. The molecule has 2 aliphatic rings. The Kier molecular flexibility index (Phi) is 6.92. The highest BCUT2D eigenvalue weighted by atomic mass is 35.5. The van der Waals surface area contributed by atoms with E-state index in [1.54, 1.807) is 6.21 Å². The first-order chi connectivity index (χ1) is 13.3. The molecule has 1 atom stereocenters. The van der Waals surface area contributed by atoms with Gasteiger partial charge in [-0.15, -0.1) is 0 Å². The summed E-state index contributed by atoms with van der Waals surface area (Å²) in [6, 6.07) is 2.34. The number of piperidine rings is 1. The maximum atomic E-state index is 13.3. The molecular formula is C21H31ClN4OS. The van der Waals surface area contributed by atoms with Crippen LogP contribution in [0.15, 0.2) is 10.5 Å². The van der Waals surface area contributed by atoms with Crippen LogP contribution in [0.2, 0.25) is 5.15 Å². The van der Waals surface area contributed by atoms with Crippen molar-refractivity contribution in [3.63, 3.8) is 0 Å². The first-order valence-corrected chi connectivity index (χ1v) is 11.4. The summed E-state index contributed by atoms with van der Waals surface area (Å²) in [5.41, 5.74) is 1.25. The summed E-state index contributed by atoms with van der Waals surface area (Å²) < 4.78 is 4.49. The van der Waals surface area contributed by atoms with Gasteiger partial charge in [0.05, 0.1) is 5.56 Å². The van der Waals surface area contributed by atoms with Gasteiger partial charge in [-0.25, -0.2) is 9.38 Å². The molecule has 0 radical (unpaired) electrons. The lowest BCUT2D eigenvalue weighted by atomic mass is 10.1. The lowest BCUT2D eigenvalue weighted by Gasteiger charge is -2.28. The fraction of sp³-hybridized carbons (Fsp3) is 0.667. The molecular weight excluding hydrogens is 392 g/mol. The summed E-state index contributed by atoms with van der Waals surface area (Å²) in [6.07, 6.45) is 7.29. The maximum Gasteiger partial charge on any atom is 0.254 e. The SMILES string of the molecule is CC1CCCN1c1cc(C(=O)N2CCCCC2)c(/C=N/SC(C)(C)C)c(Cl)n1. The van der Waals surface area contributed by atoms with Crippen LogP contribution in [-0.4, -0.2) is 52.4 Å². The van der Waals surface area contributed by atoms with Gasteiger partial charge in [0.25, 0.3) is 5.91 Å². The zero-order valence-corrected chi connectivity index (χ0v) is 18.9. The number of nitrogens with zero attached hydrogens (tertiary/aromatic N) is 4. The standard InChI is InChI=1S/C21H31ClN4OS/c1-15-9-8-12-26(15)18-13-16(20(27)25-10-6-5-7-11-25)17(19(22)24-18)14-23-28-21(2,3)4/h13-15H,5-12H2,1-4H3/b23-14+. The molecule has 1 amide bonds. The maximum absolute atomic E-state index is 13.3. The van der Waals surface area contributed by atoms with Crippen LogP contribution in [0.25, 0.3) is 0 Å². The minimum Gasteiger partial charge on any atom is -0.354 e. The largest absolute Gasteiger partial charge is 0.354 e. The van der Waals surface area contributed by atoms with Crippen molar-refractivity contribution >= 4 is 41.5 Å². The molecule has 0 bridgehead atoms. The quantitative estimate of drug-likeness (QED) is 0.379. The van der Waals surface area contributed by atoms with Crippen LogP contribution in [-0.2, 0) is 0 Å². The van der Waals surface area contributed by atoms with Crippen molar-refractivity contribution < 1.29 is 4.79 Å². The van der Waals surface area contributed by atoms with Gasteiger partial charge in [-0.3, -0.25) is 4.79 Å². The Bertz CT molecular complexity index is 741. The van der Waals surface area contributed by atoms with E-state index in [1.807, 2.05) is 11.0 Å². The number of hydrogen-bond acceptors (Lipinski definition) is 5. The fourth-order valence-electron chi connectivity index (χ4n) is 3.74. The van der Waals surface area contributed by atoms with E-state index in [9.17, 15) is 4.79 Å². The molecule has 0 saturated carbocycles. The Morgan fingerprint density at radius 2 is 1.96 bits per heavy atom. The number of aromatic nitrogens is 1. The Balaban J connectivity index is 1.97. The van der Waals surface area contributed by atoms with Gasteiger partial charge in [-0.05, 0) is 77.8 Å². The Morgan fingerprint density at radius 1 is 1.25 bits per heavy atom. The van der Waals surface area contributed by atoms with Crippen molar-refractivity contribution in [3.05, 3.63) is 22.3 Å². The highest BCUT2D eigenvalue weighted by molar-refractivity contribution is 7.99. The molecule has 0 aromatic carbocycles. The van der Waals surface area contributed by atoms with E-state index in [2.05, 4.69) is 42.0 Å². The topological polar surface area (TPSA) is 48.8 Å². The molecule has 5 nitrogen and oxygen atoms in total. The lowest BCUT2D eigenvalue weighted by Crippen LogP contribution is -2.36. The molecule has 7 heteroatoms. The predicted octanol–water partition coefficient (Wildman–Crippen LogP) is 5.22. The molecule has 0 aliphatic carbocycles. The summed E-state index contributed by atoms with van der Waals surface area (Å²) >= 11 is 8.06. The molecule has 1 aromatic heterocycles. The first-order valence-electron chi connectivity index (χ1n) is 10.2. The van der Waals surface area contributed by atoms with E-state index >= 15 is 0 Å². The Morgan fingerprint density at radius 3 is 2.57 bits per heavy atom. The highest BCUT2D eigenvalue weighted by Crippen LogP contribution is 2.30. The third-order valence-corrected chi connectivity index (χ3v) is 6.27. The van der Waals surface area contributed by atoms with Crippen molar-refractivity contribution in [2.24, 2.45) is 4.40 Å². The second kappa shape index (κ2) is 9.04. The molecule has 28 heavy (non-hydrogen) atoms. The van der Waals surface area contributed by atoms with Crippen molar-refractivity contribution in [1.29, 1.82) is 0 Å². The fourth-order valence-corrected chi connectivity index (χ4v) is 4.45. The number of hydrogen-bond donors (Lipinski definition) is 0. The number of anilines is 1. The number of pyridine rings is 1. The molecule has 1 aromatic rings. The van der Waals surface area contributed by atoms with Gasteiger partial charge in [-0.1, -0.05) is 11.6 Å². The summed E-state index contributed by atoms with van der Waals surface area (Å²) in [5, 5.41) is 0.357. The number of rotatable bonds is 4. The van der Waals surface area contributed by atoms with Crippen molar-refractivity contribution in [2.45, 2.75) is 70.6 Å². The molecule has 0 N–H and O–H groups in total. The van der Waals surface area contributed by atoms with E-state index in [1.165, 1.54) is 18.4 Å². The van der Waals surface area contributed by atoms with Gasteiger partial charge in [0.15, 0.2) is 0 Å². The smallest absolute Gasteiger partial charge is 0.254 e. The molecule has 0 spiro atoms. The number of likely N-dealkylation sites (tertiary alicyclic amines) is 1. The van der Waals surface area contributed by atoms with Crippen LogP contribution >= 0.6 is 23.5 Å². The van der Waals surface area contributed by atoms with Gasteiger partial charge < -0.3 is 9.80 Å². The zero-order chi connectivity index (χ0) is 20.3. The molecule has 3 heterocycles. The summed E-state index contributed by atoms with van der Waals surface area (Å²) in [4.78, 5) is 22.2. The number of halogens is 1. The minimum absolute atomic E-state index is 0.00162. The Hall–Kier alpha value is -1.27. The average Bonchev–Trinajstić information content (AvgIpc) is 3.08. The second-order valence-electron chi connectivity index (χ2n) is 8.71. The third-order valence-electron chi connectivity index (χ3n) is 5.23. The van der Waals surface area contributed by atoms with E-state index in [0.717, 1.165) is 51.1 Å². The van der Waals surface area contributed by atoms with Crippen LogP contribution in [0.3, 0.4) is 0 Å². The predicted molar refractivity (Wildman–Crippen MR) is 120 cm³/mol. The van der Waals surface area contributed by atoms with Crippen LogP contribution in [0, 0.1) is 0 Å². The molecule has 2 aliphatic heterocycles. The average molecular weight is 423 g/mol. The van der Waals surface area contributed by atoms with Crippen LogP contribution in [0.1, 0.15) is 75.7 Å². The van der Waals surface area contributed by atoms with Gasteiger partial charge in [-0.2, -0.15) is 0 Å². The summed E-state index contributed by atoms with van der Waals surface area (Å²) in [6.45, 7) is 11.1. The zero-order valence-electron chi connectivity index (χ0n) is 17.4. The van der Waals surface area contributed by atoms with Gasteiger partial charge >= 0.3 is 0 Å². The number of carbonyl (C=O) groups is 1. The molecule has 2 saturated heterocycles. The van der Waals surface area contributed by atoms with Crippen LogP contribution in [0.4, 0.5) is 5.82 Å². The normalized spacial score (nSPS) is 21.0. The monoisotopic (exact) mass is 422 g/mol.